The molecule has 13 heavy (non-hydrogen) atoms. The third-order valence-corrected chi connectivity index (χ3v) is 5.24. The van der Waals surface area contributed by atoms with Gasteiger partial charge in [0, 0.05) is 23.0 Å². The number of hydrogen-bond acceptors (Lipinski definition) is 1. The minimum atomic E-state index is 0.599. The van der Waals surface area contributed by atoms with E-state index in [0.717, 1.165) is 4.47 Å². The van der Waals surface area contributed by atoms with E-state index >= 15 is 0 Å². The van der Waals surface area contributed by atoms with E-state index in [1.165, 1.54) is 18.5 Å². The summed E-state index contributed by atoms with van der Waals surface area (Å²) in [7, 11) is 0. The van der Waals surface area contributed by atoms with Gasteiger partial charge in [0.25, 0.3) is 0 Å². The van der Waals surface area contributed by atoms with Crippen molar-refractivity contribution in [2.24, 2.45) is 0 Å². The Balaban J connectivity index is 2.80. The Labute approximate surface area is 108 Å². The van der Waals surface area contributed by atoms with Crippen molar-refractivity contribution in [3.8, 4) is 0 Å². The normalized spacial score (nSPS) is 11.0. The molecule has 2 rings (SSSR count). The Hall–Kier alpha value is 0.680. The summed E-state index contributed by atoms with van der Waals surface area (Å²) in [5.41, 5.74) is 0. The van der Waals surface area contributed by atoms with Gasteiger partial charge in [0.2, 0.25) is 0 Å². The van der Waals surface area contributed by atoms with E-state index < -0.39 is 0 Å². The zero-order valence-corrected chi connectivity index (χ0v) is 11.8. The molecule has 1 aromatic carbocycles. The molecule has 0 saturated carbocycles. The molecule has 68 valence electrons. The summed E-state index contributed by atoms with van der Waals surface area (Å²) in [5.74, 6) is 0.599. The van der Waals surface area contributed by atoms with Crippen LogP contribution in [0.25, 0.3) is 10.1 Å². The van der Waals surface area contributed by atoms with Gasteiger partial charge in [-0.3, -0.25) is 0 Å². The van der Waals surface area contributed by atoms with Crippen molar-refractivity contribution in [2.75, 3.05) is 0 Å². The molecule has 0 bridgehead atoms. The fourth-order valence-electron chi connectivity index (χ4n) is 1.17. The lowest BCUT2D eigenvalue weighted by Crippen LogP contribution is -1.71. The zero-order chi connectivity index (χ0) is 9.42. The Morgan fingerprint density at radius 2 is 2.23 bits per heavy atom. The van der Waals surface area contributed by atoms with Gasteiger partial charge < -0.3 is 0 Å². The highest BCUT2D eigenvalue weighted by Gasteiger charge is 2.06. The molecular formula is C9H5BrClIS. The molecule has 2 aromatic rings. The second kappa shape index (κ2) is 4.04. The van der Waals surface area contributed by atoms with Crippen molar-refractivity contribution in [1.29, 1.82) is 0 Å². The number of alkyl halides is 1. The van der Waals surface area contributed by atoms with Crippen LogP contribution in [0.2, 0.25) is 0 Å². The van der Waals surface area contributed by atoms with Crippen molar-refractivity contribution in [2.45, 2.75) is 5.88 Å². The lowest BCUT2D eigenvalue weighted by atomic mass is 10.2. The van der Waals surface area contributed by atoms with Crippen LogP contribution in [-0.4, -0.2) is 0 Å². The molecular weight excluding hydrogens is 382 g/mol. The molecule has 0 nitrogen and oxygen atoms in total. The summed E-state index contributed by atoms with van der Waals surface area (Å²) in [6.45, 7) is 0. The number of hydrogen-bond donors (Lipinski definition) is 0. The molecule has 0 saturated heterocycles. The summed E-state index contributed by atoms with van der Waals surface area (Å²) in [6.07, 6.45) is 0. The predicted molar refractivity (Wildman–Crippen MR) is 71.8 cm³/mol. The third kappa shape index (κ3) is 1.89. The minimum Gasteiger partial charge on any atom is -0.138 e. The Kier molecular flexibility index (Phi) is 3.18. The summed E-state index contributed by atoms with van der Waals surface area (Å²) in [4.78, 5) is 1.22. The molecule has 0 spiro atoms. The number of thiophene rings is 1. The smallest absolute Gasteiger partial charge is 0.0568 e. The molecule has 1 heterocycles. The van der Waals surface area contributed by atoms with Crippen LogP contribution in [-0.2, 0) is 5.88 Å². The maximum Gasteiger partial charge on any atom is 0.0568 e. The first kappa shape index (κ1) is 10.2. The van der Waals surface area contributed by atoms with Crippen LogP contribution >= 0.6 is 61.5 Å². The van der Waals surface area contributed by atoms with E-state index in [1.807, 2.05) is 0 Å². The monoisotopic (exact) mass is 386 g/mol. The van der Waals surface area contributed by atoms with Crippen molar-refractivity contribution in [3.05, 3.63) is 31.1 Å². The molecule has 0 radical (unpaired) electrons. The van der Waals surface area contributed by atoms with E-state index in [2.05, 4.69) is 56.7 Å². The van der Waals surface area contributed by atoms with Crippen LogP contribution < -0.4 is 0 Å². The van der Waals surface area contributed by atoms with Gasteiger partial charge in [-0.25, -0.2) is 0 Å². The average Bonchev–Trinajstić information content (AvgIpc) is 2.56. The highest BCUT2D eigenvalue weighted by Crippen LogP contribution is 2.35. The average molecular weight is 387 g/mol. The van der Waals surface area contributed by atoms with Crippen molar-refractivity contribution < 1.29 is 0 Å². The van der Waals surface area contributed by atoms with E-state index in [9.17, 15) is 0 Å². The number of fused-ring (bicyclic) bond motifs is 1. The van der Waals surface area contributed by atoms with Gasteiger partial charge in [0.15, 0.2) is 0 Å². The molecule has 1 aromatic heterocycles. The minimum absolute atomic E-state index is 0.599. The van der Waals surface area contributed by atoms with Crippen LogP contribution in [0.5, 0.6) is 0 Å². The predicted octanol–water partition coefficient (Wildman–Crippen LogP) is 5.01. The van der Waals surface area contributed by atoms with Crippen molar-refractivity contribution in [3.63, 3.8) is 0 Å². The summed E-state index contributed by atoms with van der Waals surface area (Å²) >= 11 is 13.4. The van der Waals surface area contributed by atoms with Gasteiger partial charge in [0.1, 0.15) is 0 Å². The van der Waals surface area contributed by atoms with Gasteiger partial charge >= 0.3 is 0 Å². The SMILES string of the molecule is ClCc1cc2c(I)ccc(Br)c2s1. The molecule has 0 fully saturated rings. The third-order valence-electron chi connectivity index (χ3n) is 1.77. The Bertz CT molecular complexity index is 413. The van der Waals surface area contributed by atoms with Crippen LogP contribution in [0.3, 0.4) is 0 Å². The largest absolute Gasteiger partial charge is 0.138 e. The summed E-state index contributed by atoms with van der Waals surface area (Å²) < 4.78 is 3.73. The van der Waals surface area contributed by atoms with E-state index in [4.69, 9.17) is 11.6 Å². The van der Waals surface area contributed by atoms with Gasteiger partial charge in [0.05, 0.1) is 5.88 Å². The quantitative estimate of drug-likeness (QED) is 0.477. The van der Waals surface area contributed by atoms with Gasteiger partial charge in [-0.2, -0.15) is 0 Å². The molecule has 0 amide bonds. The summed E-state index contributed by atoms with van der Waals surface area (Å²) in [6, 6.07) is 6.36. The van der Waals surface area contributed by atoms with Crippen molar-refractivity contribution >= 4 is 71.5 Å². The fraction of sp³-hybridized carbons (Fsp3) is 0.111. The molecule has 0 atom stereocenters. The highest BCUT2D eigenvalue weighted by molar-refractivity contribution is 14.1. The molecule has 4 heteroatoms. The molecule has 0 aliphatic heterocycles. The molecule has 0 unspecified atom stereocenters. The first-order chi connectivity index (χ1) is 6.22. The number of halogens is 3. The van der Waals surface area contributed by atoms with Gasteiger partial charge in [-0.15, -0.1) is 22.9 Å². The van der Waals surface area contributed by atoms with Crippen LogP contribution in [0.4, 0.5) is 0 Å². The zero-order valence-electron chi connectivity index (χ0n) is 6.48. The maximum absolute atomic E-state index is 5.80. The first-order valence-corrected chi connectivity index (χ1v) is 6.87. The Morgan fingerprint density at radius 3 is 2.85 bits per heavy atom. The van der Waals surface area contributed by atoms with Crippen LogP contribution in [0.15, 0.2) is 22.7 Å². The number of benzene rings is 1. The topological polar surface area (TPSA) is 0 Å². The number of rotatable bonds is 1. The Morgan fingerprint density at radius 1 is 1.46 bits per heavy atom. The molecule has 0 aliphatic rings. The molecule has 0 aliphatic carbocycles. The van der Waals surface area contributed by atoms with Gasteiger partial charge in [-0.1, -0.05) is 0 Å². The van der Waals surface area contributed by atoms with Crippen LogP contribution in [0, 0.1) is 3.57 Å². The highest BCUT2D eigenvalue weighted by atomic mass is 127. The first-order valence-electron chi connectivity index (χ1n) is 3.65. The second-order valence-electron chi connectivity index (χ2n) is 2.62. The lowest BCUT2D eigenvalue weighted by Gasteiger charge is -1.95. The van der Waals surface area contributed by atoms with E-state index in [1.54, 1.807) is 11.3 Å². The standard InChI is InChI=1S/C9H5BrClIS/c10-7-1-2-8(12)6-3-5(4-11)13-9(6)7/h1-3H,4H2. The fourth-order valence-corrected chi connectivity index (χ4v) is 3.73. The maximum atomic E-state index is 5.80. The second-order valence-corrected chi connectivity index (χ2v) is 6.04. The van der Waals surface area contributed by atoms with E-state index in [-0.39, 0.29) is 0 Å². The lowest BCUT2D eigenvalue weighted by molar-refractivity contribution is 1.54. The molecule has 0 N–H and O–H groups in total. The summed E-state index contributed by atoms with van der Waals surface area (Å²) in [5, 5.41) is 1.30. The van der Waals surface area contributed by atoms with E-state index in [0.29, 0.717) is 5.88 Å². The van der Waals surface area contributed by atoms with Crippen LogP contribution in [0.1, 0.15) is 4.88 Å². The van der Waals surface area contributed by atoms with Crippen molar-refractivity contribution in [1.82, 2.24) is 0 Å². The van der Waals surface area contributed by atoms with Gasteiger partial charge in [-0.05, 0) is 56.7 Å².